The summed E-state index contributed by atoms with van der Waals surface area (Å²) >= 11 is 5.84. The van der Waals surface area contributed by atoms with E-state index in [4.69, 9.17) is 11.6 Å². The highest BCUT2D eigenvalue weighted by atomic mass is 35.5. The molecule has 0 aliphatic carbocycles. The minimum absolute atomic E-state index is 0.0756. The molecule has 0 radical (unpaired) electrons. The number of rotatable bonds is 7. The molecule has 0 saturated carbocycles. The number of aromatic nitrogens is 3. The van der Waals surface area contributed by atoms with Crippen molar-refractivity contribution in [3.05, 3.63) is 50.8 Å². The van der Waals surface area contributed by atoms with Crippen molar-refractivity contribution >= 4 is 23.6 Å². The summed E-state index contributed by atoms with van der Waals surface area (Å²) in [5, 5.41) is 15.4. The van der Waals surface area contributed by atoms with Crippen LogP contribution in [0.3, 0.4) is 0 Å². The van der Waals surface area contributed by atoms with Crippen LogP contribution < -0.4 is 10.9 Å². The first-order chi connectivity index (χ1) is 13.3. The zero-order valence-electron chi connectivity index (χ0n) is 14.5. The van der Waals surface area contributed by atoms with E-state index in [0.717, 1.165) is 6.07 Å². The molecule has 0 aliphatic rings. The van der Waals surface area contributed by atoms with Crippen LogP contribution in [0.1, 0.15) is 16.8 Å². The Bertz CT molecular complexity index is 968. The summed E-state index contributed by atoms with van der Waals surface area (Å²) in [7, 11) is 1.35. The highest BCUT2D eigenvalue weighted by Crippen LogP contribution is 2.32. The van der Waals surface area contributed by atoms with Gasteiger partial charge in [-0.2, -0.15) is 23.4 Å². The number of hydrogen-bond acceptors (Lipinski definition) is 7. The largest absolute Gasteiger partial charge is 0.417 e. The summed E-state index contributed by atoms with van der Waals surface area (Å²) in [6, 6.07) is 2.59. The number of alkyl halides is 3. The van der Waals surface area contributed by atoms with Crippen molar-refractivity contribution in [3.63, 3.8) is 0 Å². The lowest BCUT2D eigenvalue weighted by molar-refractivity contribution is -0.137. The van der Waals surface area contributed by atoms with Crippen molar-refractivity contribution in [2.75, 3.05) is 19.0 Å². The maximum atomic E-state index is 12.6. The van der Waals surface area contributed by atoms with Gasteiger partial charge in [0.2, 0.25) is 0 Å². The van der Waals surface area contributed by atoms with Crippen LogP contribution in [0.15, 0.2) is 28.5 Å². The number of nitriles is 1. The van der Waals surface area contributed by atoms with Crippen molar-refractivity contribution in [1.82, 2.24) is 14.5 Å². The Hall–Kier alpha value is -3.13. The molecule has 28 heavy (non-hydrogen) atoms. The lowest BCUT2D eigenvalue weighted by Gasteiger charge is -2.14. The van der Waals surface area contributed by atoms with Gasteiger partial charge in [-0.05, 0) is 6.07 Å². The van der Waals surface area contributed by atoms with Crippen LogP contribution in [0, 0.1) is 11.3 Å². The number of pyridine rings is 1. The molecule has 0 saturated heterocycles. The van der Waals surface area contributed by atoms with Crippen molar-refractivity contribution < 1.29 is 18.0 Å². The van der Waals surface area contributed by atoms with Gasteiger partial charge in [0.25, 0.3) is 5.56 Å². The molecule has 0 aliphatic heterocycles. The van der Waals surface area contributed by atoms with E-state index in [1.165, 1.54) is 19.7 Å². The first-order valence-corrected chi connectivity index (χ1v) is 8.15. The number of anilines is 1. The Kier molecular flexibility index (Phi) is 6.94. The second-order valence-electron chi connectivity index (χ2n) is 5.33. The molecule has 2 aromatic rings. The Morgan fingerprint density at radius 1 is 1.46 bits per heavy atom. The molecule has 0 fully saturated rings. The van der Waals surface area contributed by atoms with Crippen LogP contribution in [0.5, 0.6) is 0 Å². The molecule has 2 aromatic heterocycles. The van der Waals surface area contributed by atoms with E-state index in [2.05, 4.69) is 25.3 Å². The highest BCUT2D eigenvalue weighted by molar-refractivity contribution is 6.32. The van der Waals surface area contributed by atoms with E-state index in [-0.39, 0.29) is 35.9 Å². The van der Waals surface area contributed by atoms with Gasteiger partial charge in [0, 0.05) is 37.6 Å². The van der Waals surface area contributed by atoms with Crippen molar-refractivity contribution in [3.8, 4) is 6.07 Å². The van der Waals surface area contributed by atoms with Crippen LogP contribution in [-0.2, 0) is 24.0 Å². The topological polar surface area (TPSA) is 105 Å². The van der Waals surface area contributed by atoms with Crippen LogP contribution in [0.2, 0.25) is 5.02 Å². The van der Waals surface area contributed by atoms with Crippen LogP contribution in [-0.4, -0.2) is 34.4 Å². The monoisotopic (exact) mass is 414 g/mol. The van der Waals surface area contributed by atoms with Crippen molar-refractivity contribution in [1.29, 1.82) is 5.26 Å². The Labute approximate surface area is 162 Å². The maximum Gasteiger partial charge on any atom is 0.417 e. The Balaban J connectivity index is 2.16. The summed E-state index contributed by atoms with van der Waals surface area (Å²) in [5.74, 6) is 0.0756. The fourth-order valence-electron chi connectivity index (χ4n) is 2.26. The molecule has 0 unspecified atom stereocenters. The second kappa shape index (κ2) is 9.18. The van der Waals surface area contributed by atoms with E-state index in [1.54, 1.807) is 4.57 Å². The minimum Gasteiger partial charge on any atom is -0.399 e. The number of halogens is 4. The average molecular weight is 415 g/mol. The molecule has 2 heterocycles. The number of hydrogen-bond donors (Lipinski definition) is 1. The van der Waals surface area contributed by atoms with Crippen LogP contribution >= 0.6 is 11.6 Å². The summed E-state index contributed by atoms with van der Waals surface area (Å²) < 4.78 is 39.5. The molecule has 148 valence electrons. The van der Waals surface area contributed by atoms with Crippen molar-refractivity contribution in [2.45, 2.75) is 19.1 Å². The summed E-state index contributed by atoms with van der Waals surface area (Å²) in [6.45, 7) is 0.430. The lowest BCUT2D eigenvalue weighted by Crippen LogP contribution is -2.23. The number of nitrogens with zero attached hydrogens (tertiary/aromatic N) is 5. The third-order valence-electron chi connectivity index (χ3n) is 3.55. The first kappa shape index (κ1) is 21.2. The van der Waals surface area contributed by atoms with Gasteiger partial charge in [-0.25, -0.2) is 4.98 Å². The third kappa shape index (κ3) is 5.20. The maximum absolute atomic E-state index is 12.6. The van der Waals surface area contributed by atoms with Gasteiger partial charge < -0.3 is 14.7 Å². The Morgan fingerprint density at radius 3 is 2.82 bits per heavy atom. The molecule has 0 aromatic carbocycles. The van der Waals surface area contributed by atoms with Crippen LogP contribution in [0.25, 0.3) is 0 Å². The predicted molar refractivity (Wildman–Crippen MR) is 95.2 cm³/mol. The van der Waals surface area contributed by atoms with Gasteiger partial charge in [-0.1, -0.05) is 16.8 Å². The van der Waals surface area contributed by atoms with E-state index in [0.29, 0.717) is 11.9 Å². The lowest BCUT2D eigenvalue weighted by atomic mass is 10.2. The molecule has 0 atom stereocenters. The van der Waals surface area contributed by atoms with Gasteiger partial charge in [0.15, 0.2) is 0 Å². The molecular weight excluding hydrogens is 401 g/mol. The van der Waals surface area contributed by atoms with E-state index < -0.39 is 17.3 Å². The molecule has 0 bridgehead atoms. The van der Waals surface area contributed by atoms with Crippen molar-refractivity contribution in [2.24, 2.45) is 5.16 Å². The quantitative estimate of drug-likeness (QED) is 0.551. The zero-order chi connectivity index (χ0) is 20.7. The SMILES string of the molecule is CO/N=C\Cc1c(C#N)c(=O)ncn1CCNc1ncc(C(F)(F)F)cc1Cl. The highest BCUT2D eigenvalue weighted by Gasteiger charge is 2.31. The van der Waals surface area contributed by atoms with Gasteiger partial charge >= 0.3 is 6.18 Å². The van der Waals surface area contributed by atoms with Gasteiger partial charge in [-0.15, -0.1) is 0 Å². The molecular formula is C16H14ClF3N6O2. The normalized spacial score (nSPS) is 11.4. The Morgan fingerprint density at radius 2 is 2.21 bits per heavy atom. The first-order valence-electron chi connectivity index (χ1n) is 7.78. The standard InChI is InChI=1S/C16H14ClF3N6O2/c1-28-25-3-2-13-11(7-21)15(27)24-9-26(13)5-4-22-14-12(17)6-10(8-23-14)16(18,19)20/h3,6,8-9H,2,4-5H2,1H3,(H,22,23)/b25-3-. The summed E-state index contributed by atoms with van der Waals surface area (Å²) in [4.78, 5) is 23.6. The van der Waals surface area contributed by atoms with Gasteiger partial charge in [0.05, 0.1) is 16.9 Å². The number of oxime groups is 1. The van der Waals surface area contributed by atoms with E-state index >= 15 is 0 Å². The summed E-state index contributed by atoms with van der Waals surface area (Å²) in [6.07, 6.45) is -1.07. The minimum atomic E-state index is -4.54. The molecule has 8 nitrogen and oxygen atoms in total. The van der Waals surface area contributed by atoms with Gasteiger partial charge in [-0.3, -0.25) is 4.79 Å². The zero-order valence-corrected chi connectivity index (χ0v) is 15.3. The third-order valence-corrected chi connectivity index (χ3v) is 3.84. The fraction of sp³-hybridized carbons (Fsp3) is 0.312. The van der Waals surface area contributed by atoms with E-state index in [9.17, 15) is 23.2 Å². The number of nitrogens with one attached hydrogen (secondary N) is 1. The fourth-order valence-corrected chi connectivity index (χ4v) is 2.50. The molecule has 0 amide bonds. The smallest absolute Gasteiger partial charge is 0.399 e. The molecule has 1 N–H and O–H groups in total. The summed E-state index contributed by atoms with van der Waals surface area (Å²) in [5.41, 5.74) is -1.38. The predicted octanol–water partition coefficient (Wildman–Crippen LogP) is 2.47. The average Bonchev–Trinajstić information content (AvgIpc) is 2.64. The molecule has 2 rings (SSSR count). The molecule has 12 heteroatoms. The second-order valence-corrected chi connectivity index (χ2v) is 5.74. The van der Waals surface area contributed by atoms with Crippen LogP contribution in [0.4, 0.5) is 19.0 Å². The van der Waals surface area contributed by atoms with Gasteiger partial charge in [0.1, 0.15) is 24.6 Å². The molecule has 0 spiro atoms. The van der Waals surface area contributed by atoms with E-state index in [1.807, 2.05) is 6.07 Å².